The maximum atomic E-state index is 4.54. The molecule has 1 aliphatic heterocycles. The monoisotopic (exact) mass is 398 g/mol. The van der Waals surface area contributed by atoms with Gasteiger partial charge in [-0.3, -0.25) is 14.8 Å². The molecule has 0 amide bonds. The molecule has 0 aromatic carbocycles. The van der Waals surface area contributed by atoms with Crippen LogP contribution in [-0.2, 0) is 7.05 Å². The highest BCUT2D eigenvalue weighted by atomic mass is 15.2. The zero-order valence-electron chi connectivity index (χ0n) is 16.8. The lowest BCUT2D eigenvalue weighted by molar-refractivity contribution is 0.578. The second-order valence-electron chi connectivity index (χ2n) is 7.95. The van der Waals surface area contributed by atoms with Crippen LogP contribution >= 0.6 is 0 Å². The number of anilines is 1. The van der Waals surface area contributed by atoms with Crippen LogP contribution in [0, 0.1) is 0 Å². The van der Waals surface area contributed by atoms with Crippen molar-refractivity contribution < 1.29 is 0 Å². The zero-order chi connectivity index (χ0) is 20.1. The first-order chi connectivity index (χ1) is 14.8. The van der Waals surface area contributed by atoms with E-state index in [-0.39, 0.29) is 0 Å². The molecule has 30 heavy (non-hydrogen) atoms. The van der Waals surface area contributed by atoms with E-state index in [2.05, 4.69) is 47.3 Å². The standard InChI is InChI=1S/C22H22N8/c1-29-13-15(10-25-29)14-7-17-21(27-28-22(17)24-9-14)18-8-16-19(26-18)11-23-12-20(16)30-5-3-2-4-6-30/h7-13,26H,2-6H2,1H3,(H,24,27,28). The van der Waals surface area contributed by atoms with E-state index in [4.69, 9.17) is 0 Å². The molecule has 0 spiro atoms. The summed E-state index contributed by atoms with van der Waals surface area (Å²) in [5.74, 6) is 0. The van der Waals surface area contributed by atoms with Crippen LogP contribution < -0.4 is 4.90 Å². The molecule has 5 aromatic heterocycles. The van der Waals surface area contributed by atoms with E-state index in [1.807, 2.05) is 38.0 Å². The molecule has 1 saturated heterocycles. The smallest absolute Gasteiger partial charge is 0.181 e. The van der Waals surface area contributed by atoms with Gasteiger partial charge in [-0.2, -0.15) is 10.2 Å². The van der Waals surface area contributed by atoms with Gasteiger partial charge in [0.25, 0.3) is 0 Å². The van der Waals surface area contributed by atoms with E-state index < -0.39 is 0 Å². The lowest BCUT2D eigenvalue weighted by atomic mass is 10.1. The van der Waals surface area contributed by atoms with Crippen LogP contribution in [0.25, 0.3) is 44.5 Å². The summed E-state index contributed by atoms with van der Waals surface area (Å²) >= 11 is 0. The van der Waals surface area contributed by atoms with E-state index >= 15 is 0 Å². The van der Waals surface area contributed by atoms with Gasteiger partial charge >= 0.3 is 0 Å². The number of hydrogen-bond acceptors (Lipinski definition) is 5. The summed E-state index contributed by atoms with van der Waals surface area (Å²) in [5.41, 5.74) is 6.91. The molecular weight excluding hydrogens is 376 g/mol. The van der Waals surface area contributed by atoms with Crippen molar-refractivity contribution in [2.24, 2.45) is 7.05 Å². The predicted molar refractivity (Wildman–Crippen MR) is 117 cm³/mol. The summed E-state index contributed by atoms with van der Waals surface area (Å²) < 4.78 is 1.79. The Kier molecular flexibility index (Phi) is 3.83. The van der Waals surface area contributed by atoms with Crippen molar-refractivity contribution in [3.63, 3.8) is 0 Å². The Morgan fingerprint density at radius 3 is 2.67 bits per heavy atom. The van der Waals surface area contributed by atoms with Crippen molar-refractivity contribution in [3.05, 3.63) is 43.1 Å². The van der Waals surface area contributed by atoms with E-state index in [9.17, 15) is 0 Å². The maximum Gasteiger partial charge on any atom is 0.181 e. The lowest BCUT2D eigenvalue weighted by Gasteiger charge is -2.28. The Balaban J connectivity index is 1.47. The number of rotatable bonds is 3. The van der Waals surface area contributed by atoms with E-state index in [0.29, 0.717) is 5.65 Å². The van der Waals surface area contributed by atoms with Gasteiger partial charge in [-0.15, -0.1) is 0 Å². The Hall–Kier alpha value is -3.68. The number of H-pyrrole nitrogens is 2. The number of aromatic amines is 2. The van der Waals surface area contributed by atoms with Gasteiger partial charge in [0.15, 0.2) is 5.65 Å². The van der Waals surface area contributed by atoms with Crippen molar-refractivity contribution in [2.75, 3.05) is 18.0 Å². The molecule has 1 aliphatic rings. The minimum atomic E-state index is 0.700. The molecule has 0 unspecified atom stereocenters. The molecule has 2 N–H and O–H groups in total. The SMILES string of the molecule is Cn1cc(-c2cnc3n[nH]c(-c4cc5c(N6CCCCC6)cncc5[nH]4)c3c2)cn1. The molecule has 0 bridgehead atoms. The van der Waals surface area contributed by atoms with Crippen LogP contribution in [0.3, 0.4) is 0 Å². The number of aryl methyl sites for hydroxylation is 1. The number of nitrogens with one attached hydrogen (secondary N) is 2. The first kappa shape index (κ1) is 17.2. The second-order valence-corrected chi connectivity index (χ2v) is 7.95. The molecule has 0 atom stereocenters. The first-order valence-corrected chi connectivity index (χ1v) is 10.3. The first-order valence-electron chi connectivity index (χ1n) is 10.3. The fourth-order valence-electron chi connectivity index (χ4n) is 4.39. The van der Waals surface area contributed by atoms with Crippen LogP contribution in [0.15, 0.2) is 43.1 Å². The molecular formula is C22H22N8. The lowest BCUT2D eigenvalue weighted by Crippen LogP contribution is -2.29. The number of aromatic nitrogens is 7. The number of piperidine rings is 1. The number of fused-ring (bicyclic) bond motifs is 2. The molecule has 0 aliphatic carbocycles. The molecule has 0 saturated carbocycles. The number of hydrogen-bond donors (Lipinski definition) is 2. The topological polar surface area (TPSA) is 91.3 Å². The minimum absolute atomic E-state index is 0.700. The average Bonchev–Trinajstić information content (AvgIpc) is 3.50. The predicted octanol–water partition coefficient (Wildman–Crippen LogP) is 3.89. The van der Waals surface area contributed by atoms with Gasteiger partial charge in [0.1, 0.15) is 0 Å². The van der Waals surface area contributed by atoms with Gasteiger partial charge in [0.2, 0.25) is 0 Å². The van der Waals surface area contributed by atoms with Crippen LogP contribution in [0.1, 0.15) is 19.3 Å². The van der Waals surface area contributed by atoms with Gasteiger partial charge in [0, 0.05) is 54.4 Å². The molecule has 5 aromatic rings. The normalized spacial score (nSPS) is 14.8. The van der Waals surface area contributed by atoms with Gasteiger partial charge in [-0.25, -0.2) is 4.98 Å². The molecule has 6 rings (SSSR count). The van der Waals surface area contributed by atoms with Gasteiger partial charge in [-0.1, -0.05) is 0 Å². The molecule has 8 heteroatoms. The van der Waals surface area contributed by atoms with Crippen LogP contribution in [0.5, 0.6) is 0 Å². The minimum Gasteiger partial charge on any atom is -0.370 e. The summed E-state index contributed by atoms with van der Waals surface area (Å²) in [7, 11) is 1.91. The van der Waals surface area contributed by atoms with Crippen LogP contribution in [0.4, 0.5) is 5.69 Å². The quantitative estimate of drug-likeness (QED) is 0.481. The third-order valence-corrected chi connectivity index (χ3v) is 5.94. The Bertz CT molecular complexity index is 1350. The van der Waals surface area contributed by atoms with Crippen LogP contribution in [0.2, 0.25) is 0 Å². The second kappa shape index (κ2) is 6.69. The highest BCUT2D eigenvalue weighted by Crippen LogP contribution is 2.34. The van der Waals surface area contributed by atoms with Gasteiger partial charge in [-0.05, 0) is 31.4 Å². The van der Waals surface area contributed by atoms with Crippen molar-refractivity contribution in [1.82, 2.24) is 34.9 Å². The van der Waals surface area contributed by atoms with Crippen molar-refractivity contribution in [1.29, 1.82) is 0 Å². The number of pyridine rings is 2. The van der Waals surface area contributed by atoms with E-state index in [0.717, 1.165) is 46.5 Å². The third kappa shape index (κ3) is 2.75. The highest BCUT2D eigenvalue weighted by Gasteiger charge is 2.18. The molecule has 150 valence electrons. The Labute approximate surface area is 173 Å². The van der Waals surface area contributed by atoms with Gasteiger partial charge < -0.3 is 9.88 Å². The van der Waals surface area contributed by atoms with E-state index in [1.54, 1.807) is 4.68 Å². The highest BCUT2D eigenvalue weighted by molar-refractivity contribution is 5.99. The largest absolute Gasteiger partial charge is 0.370 e. The fourth-order valence-corrected chi connectivity index (χ4v) is 4.39. The third-order valence-electron chi connectivity index (χ3n) is 5.94. The van der Waals surface area contributed by atoms with Gasteiger partial charge in [0.05, 0.1) is 41.2 Å². The van der Waals surface area contributed by atoms with Crippen molar-refractivity contribution in [2.45, 2.75) is 19.3 Å². The summed E-state index contributed by atoms with van der Waals surface area (Å²) in [6, 6.07) is 4.32. The average molecular weight is 398 g/mol. The van der Waals surface area contributed by atoms with Crippen molar-refractivity contribution >= 4 is 27.6 Å². The summed E-state index contributed by atoms with van der Waals surface area (Å²) in [6.07, 6.45) is 13.3. The van der Waals surface area contributed by atoms with E-state index in [1.165, 1.54) is 30.3 Å². The molecule has 8 nitrogen and oxygen atoms in total. The van der Waals surface area contributed by atoms with Crippen LogP contribution in [-0.4, -0.2) is 48.0 Å². The molecule has 1 fully saturated rings. The molecule has 6 heterocycles. The Morgan fingerprint density at radius 1 is 0.933 bits per heavy atom. The Morgan fingerprint density at radius 2 is 1.83 bits per heavy atom. The molecule has 0 radical (unpaired) electrons. The summed E-state index contributed by atoms with van der Waals surface area (Å²) in [5, 5.41) is 14.0. The fraction of sp³-hybridized carbons (Fsp3) is 0.273. The maximum absolute atomic E-state index is 4.54. The summed E-state index contributed by atoms with van der Waals surface area (Å²) in [4.78, 5) is 15.0. The number of nitrogens with zero attached hydrogens (tertiary/aromatic N) is 6. The summed E-state index contributed by atoms with van der Waals surface area (Å²) in [6.45, 7) is 2.18. The zero-order valence-corrected chi connectivity index (χ0v) is 16.8. The van der Waals surface area contributed by atoms with Crippen molar-refractivity contribution in [3.8, 4) is 22.5 Å².